The average Bonchev–Trinajstić information content (AvgIpc) is 2.69. The quantitative estimate of drug-likeness (QED) is 0.454. The summed E-state index contributed by atoms with van der Waals surface area (Å²) in [5.74, 6) is -0.290. The van der Waals surface area contributed by atoms with Crippen molar-refractivity contribution in [2.75, 3.05) is 7.11 Å². The smallest absolute Gasteiger partial charge is 0.305 e. The van der Waals surface area contributed by atoms with E-state index >= 15 is 0 Å². The van der Waals surface area contributed by atoms with Crippen LogP contribution in [-0.4, -0.2) is 28.4 Å². The van der Waals surface area contributed by atoms with Crippen molar-refractivity contribution >= 4 is 5.97 Å². The molecular weight excluding hydrogens is 428 g/mol. The van der Waals surface area contributed by atoms with Gasteiger partial charge in [-0.15, -0.1) is 0 Å². The molecule has 188 valence electrons. The highest BCUT2D eigenvalue weighted by Gasteiger charge is 2.30. The highest BCUT2D eigenvalue weighted by Crippen LogP contribution is 2.45. The van der Waals surface area contributed by atoms with Gasteiger partial charge in [0.2, 0.25) is 0 Å². The van der Waals surface area contributed by atoms with E-state index in [9.17, 15) is 20.1 Å². The Bertz CT molecular complexity index is 1050. The van der Waals surface area contributed by atoms with Gasteiger partial charge in [0.1, 0.15) is 17.6 Å². The number of phenolic OH excluding ortho intramolecular Hbond substituents is 2. The fourth-order valence-electron chi connectivity index (χ4n) is 4.03. The van der Waals surface area contributed by atoms with Crippen molar-refractivity contribution in [1.29, 1.82) is 0 Å². The van der Waals surface area contributed by atoms with E-state index in [-0.39, 0.29) is 34.7 Å². The number of aliphatic hydroxyl groups is 1. The van der Waals surface area contributed by atoms with Crippen LogP contribution in [0, 0.1) is 0 Å². The number of hydrogen-bond acceptors (Lipinski definition) is 5. The number of benzene rings is 2. The van der Waals surface area contributed by atoms with Gasteiger partial charge < -0.3 is 20.1 Å². The second-order valence-corrected chi connectivity index (χ2v) is 12.3. The Morgan fingerprint density at radius 1 is 0.794 bits per heavy atom. The lowest BCUT2D eigenvalue weighted by atomic mass is 9.77. The minimum atomic E-state index is -1.25. The van der Waals surface area contributed by atoms with Gasteiger partial charge in [-0.1, -0.05) is 74.4 Å². The summed E-state index contributed by atoms with van der Waals surface area (Å²) >= 11 is 0. The first-order valence-electron chi connectivity index (χ1n) is 11.9. The van der Waals surface area contributed by atoms with Gasteiger partial charge in [0.15, 0.2) is 0 Å². The van der Waals surface area contributed by atoms with E-state index in [2.05, 4.69) is 20.8 Å². The molecule has 0 aliphatic heterocycles. The zero-order valence-electron chi connectivity index (χ0n) is 22.5. The van der Waals surface area contributed by atoms with Gasteiger partial charge in [-0.25, -0.2) is 0 Å². The van der Waals surface area contributed by atoms with Crippen molar-refractivity contribution in [2.45, 2.75) is 97.5 Å². The lowest BCUT2D eigenvalue weighted by Crippen LogP contribution is -2.19. The maximum absolute atomic E-state index is 11.7. The predicted molar refractivity (Wildman–Crippen MR) is 137 cm³/mol. The molecule has 2 aromatic carbocycles. The SMILES string of the molecule is COC(=O)CCc1cc(C(O)c2cc(C(C)(C)C)cc(C(C)(C)C)c2O)c(O)c(C(C)(C)C)c1. The van der Waals surface area contributed by atoms with Gasteiger partial charge in [-0.05, 0) is 57.1 Å². The molecule has 3 N–H and O–H groups in total. The Morgan fingerprint density at radius 3 is 1.71 bits per heavy atom. The summed E-state index contributed by atoms with van der Waals surface area (Å²) in [6.07, 6.45) is -0.640. The minimum Gasteiger partial charge on any atom is -0.507 e. The van der Waals surface area contributed by atoms with Crippen molar-refractivity contribution in [3.63, 3.8) is 0 Å². The van der Waals surface area contributed by atoms with Crippen LogP contribution in [0.1, 0.15) is 108 Å². The Hall–Kier alpha value is -2.53. The summed E-state index contributed by atoms with van der Waals surface area (Å²) in [5, 5.41) is 34.0. The van der Waals surface area contributed by atoms with E-state index in [1.54, 1.807) is 6.07 Å². The van der Waals surface area contributed by atoms with E-state index < -0.39 is 11.5 Å². The molecule has 5 heteroatoms. The second kappa shape index (κ2) is 9.61. The van der Waals surface area contributed by atoms with Crippen molar-refractivity contribution in [2.24, 2.45) is 0 Å². The first kappa shape index (κ1) is 27.7. The Labute approximate surface area is 204 Å². The normalized spacial score (nSPS) is 13.6. The molecule has 1 unspecified atom stereocenters. The molecule has 2 rings (SSSR count). The molecule has 0 radical (unpaired) electrons. The van der Waals surface area contributed by atoms with E-state index in [1.165, 1.54) is 7.11 Å². The first-order valence-corrected chi connectivity index (χ1v) is 11.9. The number of aryl methyl sites for hydroxylation is 1. The van der Waals surface area contributed by atoms with Gasteiger partial charge in [0.25, 0.3) is 0 Å². The summed E-state index contributed by atoms with van der Waals surface area (Å²) in [6, 6.07) is 7.42. The number of carbonyl (C=O) groups excluding carboxylic acids is 1. The van der Waals surface area contributed by atoms with Crippen LogP contribution in [0.15, 0.2) is 24.3 Å². The van der Waals surface area contributed by atoms with Gasteiger partial charge in [0.05, 0.1) is 7.11 Å². The van der Waals surface area contributed by atoms with E-state index in [0.29, 0.717) is 23.1 Å². The first-order chi connectivity index (χ1) is 15.4. The van der Waals surface area contributed by atoms with Crippen molar-refractivity contribution in [3.05, 3.63) is 57.6 Å². The molecule has 5 nitrogen and oxygen atoms in total. The fraction of sp³-hybridized carbons (Fsp3) is 0.552. The lowest BCUT2D eigenvalue weighted by Gasteiger charge is -2.29. The van der Waals surface area contributed by atoms with Crippen LogP contribution in [0.5, 0.6) is 11.5 Å². The Kier molecular flexibility index (Phi) is 7.83. The number of methoxy groups -OCH3 is 1. The van der Waals surface area contributed by atoms with Gasteiger partial charge >= 0.3 is 5.97 Å². The van der Waals surface area contributed by atoms with E-state index in [4.69, 9.17) is 4.74 Å². The minimum absolute atomic E-state index is 0.000288. The largest absolute Gasteiger partial charge is 0.507 e. The predicted octanol–water partition coefficient (Wildman–Crippen LogP) is 6.18. The van der Waals surface area contributed by atoms with E-state index in [1.807, 2.05) is 59.7 Å². The Morgan fingerprint density at radius 2 is 1.26 bits per heavy atom. The van der Waals surface area contributed by atoms with Crippen LogP contribution >= 0.6 is 0 Å². The fourth-order valence-corrected chi connectivity index (χ4v) is 4.03. The monoisotopic (exact) mass is 470 g/mol. The van der Waals surface area contributed by atoms with Gasteiger partial charge in [0, 0.05) is 17.5 Å². The third kappa shape index (κ3) is 6.12. The van der Waals surface area contributed by atoms with Crippen molar-refractivity contribution in [3.8, 4) is 11.5 Å². The molecule has 0 saturated heterocycles. The standard InChI is InChI=1S/C29H42O5/c1-27(2,3)18-15-20(26(33)22(16-18)29(7,8)9)24(31)19-13-17(11-12-23(30)34-10)14-21(25(19)32)28(4,5)6/h13-16,24,31-33H,11-12H2,1-10H3. The molecular formula is C29H42O5. The molecule has 0 fully saturated rings. The van der Waals surface area contributed by atoms with Crippen LogP contribution in [0.3, 0.4) is 0 Å². The average molecular weight is 471 g/mol. The van der Waals surface area contributed by atoms with E-state index in [0.717, 1.165) is 16.7 Å². The van der Waals surface area contributed by atoms with Crippen LogP contribution in [0.25, 0.3) is 0 Å². The number of esters is 1. The summed E-state index contributed by atoms with van der Waals surface area (Å²) in [7, 11) is 1.35. The van der Waals surface area contributed by atoms with Crippen molar-refractivity contribution < 1.29 is 24.9 Å². The van der Waals surface area contributed by atoms with Crippen molar-refractivity contribution in [1.82, 2.24) is 0 Å². The van der Waals surface area contributed by atoms with Gasteiger partial charge in [-0.3, -0.25) is 4.79 Å². The third-order valence-corrected chi connectivity index (χ3v) is 6.26. The summed E-state index contributed by atoms with van der Waals surface area (Å²) < 4.78 is 4.78. The highest BCUT2D eigenvalue weighted by molar-refractivity contribution is 5.69. The summed E-state index contributed by atoms with van der Waals surface area (Å²) in [6.45, 7) is 18.3. The maximum Gasteiger partial charge on any atom is 0.305 e. The molecule has 1 atom stereocenters. The molecule has 0 aromatic heterocycles. The molecule has 0 bridgehead atoms. The molecule has 34 heavy (non-hydrogen) atoms. The summed E-state index contributed by atoms with van der Waals surface area (Å²) in [5.41, 5.74) is 2.94. The van der Waals surface area contributed by atoms with Crippen LogP contribution in [-0.2, 0) is 32.2 Å². The molecule has 0 aliphatic rings. The number of aliphatic hydroxyl groups excluding tert-OH is 1. The lowest BCUT2D eigenvalue weighted by molar-refractivity contribution is -0.140. The number of hydrogen-bond donors (Lipinski definition) is 3. The zero-order chi connectivity index (χ0) is 26.2. The summed E-state index contributed by atoms with van der Waals surface area (Å²) in [4.78, 5) is 11.7. The molecule has 0 spiro atoms. The van der Waals surface area contributed by atoms with Crippen LogP contribution in [0.2, 0.25) is 0 Å². The number of rotatable bonds is 5. The highest BCUT2D eigenvalue weighted by atomic mass is 16.5. The second-order valence-electron chi connectivity index (χ2n) is 12.3. The number of aromatic hydroxyl groups is 2. The topological polar surface area (TPSA) is 87.0 Å². The third-order valence-electron chi connectivity index (χ3n) is 6.26. The molecule has 2 aromatic rings. The van der Waals surface area contributed by atoms with Crippen LogP contribution in [0.4, 0.5) is 0 Å². The zero-order valence-corrected chi connectivity index (χ0v) is 22.5. The number of ether oxygens (including phenoxy) is 1. The molecule has 0 amide bonds. The number of carbonyl (C=O) groups is 1. The van der Waals surface area contributed by atoms with Crippen LogP contribution < -0.4 is 0 Å². The number of phenols is 2. The maximum atomic E-state index is 11.7. The molecule has 0 heterocycles. The molecule has 0 saturated carbocycles. The molecule has 0 aliphatic carbocycles. The Balaban J connectivity index is 2.77. The van der Waals surface area contributed by atoms with Gasteiger partial charge in [-0.2, -0.15) is 0 Å².